The van der Waals surface area contributed by atoms with E-state index in [1.165, 1.54) is 18.7 Å². The zero-order chi connectivity index (χ0) is 13.9. The molecule has 1 aliphatic carbocycles. The molecule has 0 atom stereocenters. The second-order valence-corrected chi connectivity index (χ2v) is 7.16. The molecule has 0 aromatic carbocycles. The van der Waals surface area contributed by atoms with Gasteiger partial charge in [0.05, 0.1) is 6.20 Å². The molecule has 6 nitrogen and oxygen atoms in total. The van der Waals surface area contributed by atoms with Gasteiger partial charge in [0.15, 0.2) is 5.03 Å². The van der Waals surface area contributed by atoms with Crippen molar-refractivity contribution in [3.63, 3.8) is 0 Å². The number of aromatic nitrogens is 2. The highest BCUT2D eigenvalue weighted by molar-refractivity contribution is 7.89. The minimum Gasteiger partial charge on any atom is -0.302 e. The van der Waals surface area contributed by atoms with Crippen LogP contribution >= 0.6 is 0 Å². The maximum absolute atomic E-state index is 12.1. The fourth-order valence-corrected chi connectivity index (χ4v) is 3.72. The number of nitrogens with one attached hydrogen (secondary N) is 2. The van der Waals surface area contributed by atoms with Crippen LogP contribution in [0.3, 0.4) is 0 Å². The van der Waals surface area contributed by atoms with Crippen molar-refractivity contribution in [3.05, 3.63) is 12.3 Å². The Bertz CT molecular complexity index is 490. The van der Waals surface area contributed by atoms with Gasteiger partial charge in [0.1, 0.15) is 0 Å². The Morgan fingerprint density at radius 2 is 2.05 bits per heavy atom. The maximum atomic E-state index is 12.1. The summed E-state index contributed by atoms with van der Waals surface area (Å²) >= 11 is 0. The van der Waals surface area contributed by atoms with Crippen molar-refractivity contribution in [1.82, 2.24) is 19.8 Å². The molecule has 1 aliphatic rings. The van der Waals surface area contributed by atoms with E-state index >= 15 is 0 Å². The standard InChI is InChI=1S/C12H22N4O2S/c1-16(2)12(7-4-3-5-8-12)10-14-19(17,18)11-6-9-13-15-11/h6,9,14H,3-5,7-8,10H2,1-2H3,(H,13,15). The Morgan fingerprint density at radius 3 is 2.58 bits per heavy atom. The molecule has 0 radical (unpaired) electrons. The van der Waals surface area contributed by atoms with E-state index in [9.17, 15) is 8.42 Å². The second-order valence-electron chi connectivity index (χ2n) is 5.42. The third-order valence-corrected chi connectivity index (χ3v) is 5.42. The van der Waals surface area contributed by atoms with Gasteiger partial charge < -0.3 is 4.90 Å². The lowest BCUT2D eigenvalue weighted by Crippen LogP contribution is -2.53. The molecular weight excluding hydrogens is 264 g/mol. The SMILES string of the molecule is CN(C)C1(CNS(=O)(=O)c2ccn[nH]2)CCCCC1. The molecule has 0 bridgehead atoms. The highest BCUT2D eigenvalue weighted by Gasteiger charge is 2.35. The lowest BCUT2D eigenvalue weighted by Gasteiger charge is -2.43. The molecule has 19 heavy (non-hydrogen) atoms. The first-order valence-corrected chi connectivity index (χ1v) is 8.11. The number of hydrogen-bond acceptors (Lipinski definition) is 4. The highest BCUT2D eigenvalue weighted by Crippen LogP contribution is 2.31. The fraction of sp³-hybridized carbons (Fsp3) is 0.750. The summed E-state index contributed by atoms with van der Waals surface area (Å²) in [7, 11) is 0.565. The van der Waals surface area contributed by atoms with Gasteiger partial charge in [0.25, 0.3) is 10.0 Å². The predicted molar refractivity (Wildman–Crippen MR) is 73.3 cm³/mol. The van der Waals surface area contributed by atoms with Crippen LogP contribution in [-0.4, -0.2) is 49.7 Å². The number of hydrogen-bond donors (Lipinski definition) is 2. The molecule has 0 spiro atoms. The molecule has 7 heteroatoms. The van der Waals surface area contributed by atoms with Gasteiger partial charge in [-0.3, -0.25) is 5.10 Å². The van der Waals surface area contributed by atoms with Crippen LogP contribution in [0.2, 0.25) is 0 Å². The van der Waals surface area contributed by atoms with Crippen molar-refractivity contribution in [2.45, 2.75) is 42.7 Å². The third kappa shape index (κ3) is 3.16. The van der Waals surface area contributed by atoms with E-state index < -0.39 is 10.0 Å². The Balaban J connectivity index is 2.07. The Hall–Kier alpha value is -0.920. The molecule has 108 valence electrons. The highest BCUT2D eigenvalue weighted by atomic mass is 32.2. The summed E-state index contributed by atoms with van der Waals surface area (Å²) in [6.07, 6.45) is 7.06. The van der Waals surface area contributed by atoms with Crippen LogP contribution in [0.1, 0.15) is 32.1 Å². The van der Waals surface area contributed by atoms with Crippen molar-refractivity contribution in [3.8, 4) is 0 Å². The Labute approximate surface area is 114 Å². The van der Waals surface area contributed by atoms with E-state index in [1.54, 1.807) is 0 Å². The van der Waals surface area contributed by atoms with Crippen molar-refractivity contribution in [2.24, 2.45) is 0 Å². The maximum Gasteiger partial charge on any atom is 0.257 e. The van der Waals surface area contributed by atoms with E-state index in [0.717, 1.165) is 25.7 Å². The number of H-pyrrole nitrogens is 1. The minimum absolute atomic E-state index is 0.0641. The summed E-state index contributed by atoms with van der Waals surface area (Å²) in [5.41, 5.74) is -0.0641. The van der Waals surface area contributed by atoms with Gasteiger partial charge in [-0.25, -0.2) is 13.1 Å². The molecule has 2 rings (SSSR count). The first kappa shape index (κ1) is 14.5. The molecule has 1 fully saturated rings. The van der Waals surface area contributed by atoms with Crippen LogP contribution in [0.15, 0.2) is 17.3 Å². The van der Waals surface area contributed by atoms with E-state index in [4.69, 9.17) is 0 Å². The van der Waals surface area contributed by atoms with E-state index in [0.29, 0.717) is 6.54 Å². The topological polar surface area (TPSA) is 78.1 Å². The van der Waals surface area contributed by atoms with E-state index in [2.05, 4.69) is 19.8 Å². The van der Waals surface area contributed by atoms with E-state index in [1.807, 2.05) is 14.1 Å². The zero-order valence-corrected chi connectivity index (χ0v) is 12.3. The van der Waals surface area contributed by atoms with Crippen LogP contribution < -0.4 is 4.72 Å². The first-order chi connectivity index (χ1) is 8.96. The minimum atomic E-state index is -3.48. The molecule has 1 aromatic rings. The molecular formula is C12H22N4O2S. The van der Waals surface area contributed by atoms with Crippen molar-refractivity contribution in [1.29, 1.82) is 0 Å². The van der Waals surface area contributed by atoms with Gasteiger partial charge in [-0.2, -0.15) is 5.10 Å². The van der Waals surface area contributed by atoms with Crippen LogP contribution in [0.4, 0.5) is 0 Å². The predicted octanol–water partition coefficient (Wildman–Crippen LogP) is 0.952. The summed E-state index contributed by atoms with van der Waals surface area (Å²) in [6, 6.07) is 1.46. The van der Waals surface area contributed by atoms with Gasteiger partial charge in [-0.15, -0.1) is 0 Å². The number of likely N-dealkylation sites (N-methyl/N-ethyl adjacent to an activating group) is 1. The van der Waals surface area contributed by atoms with Crippen molar-refractivity contribution >= 4 is 10.0 Å². The Kier molecular flexibility index (Phi) is 4.27. The number of aromatic amines is 1. The van der Waals surface area contributed by atoms with Crippen LogP contribution in [-0.2, 0) is 10.0 Å². The third-order valence-electron chi connectivity index (χ3n) is 4.09. The second kappa shape index (κ2) is 5.60. The summed E-state index contributed by atoms with van der Waals surface area (Å²) in [4.78, 5) is 2.15. The van der Waals surface area contributed by atoms with E-state index in [-0.39, 0.29) is 10.6 Å². The normalized spacial score (nSPS) is 19.7. The average Bonchev–Trinajstić information content (AvgIpc) is 2.92. The monoisotopic (exact) mass is 286 g/mol. The number of rotatable bonds is 5. The average molecular weight is 286 g/mol. The van der Waals surface area contributed by atoms with Crippen molar-refractivity contribution < 1.29 is 8.42 Å². The van der Waals surface area contributed by atoms with Crippen molar-refractivity contribution in [2.75, 3.05) is 20.6 Å². The zero-order valence-electron chi connectivity index (χ0n) is 11.5. The van der Waals surface area contributed by atoms with Gasteiger partial charge >= 0.3 is 0 Å². The van der Waals surface area contributed by atoms with Gasteiger partial charge in [0, 0.05) is 12.1 Å². The molecule has 2 N–H and O–H groups in total. The molecule has 1 saturated carbocycles. The number of sulfonamides is 1. The molecule has 1 heterocycles. The quantitative estimate of drug-likeness (QED) is 0.845. The summed E-state index contributed by atoms with van der Waals surface area (Å²) < 4.78 is 26.9. The summed E-state index contributed by atoms with van der Waals surface area (Å²) in [6.45, 7) is 0.446. The molecule has 0 amide bonds. The molecule has 0 saturated heterocycles. The van der Waals surface area contributed by atoms with Crippen LogP contribution in [0.25, 0.3) is 0 Å². The lowest BCUT2D eigenvalue weighted by atomic mass is 9.81. The lowest BCUT2D eigenvalue weighted by molar-refractivity contribution is 0.105. The van der Waals surface area contributed by atoms with Crippen LogP contribution in [0.5, 0.6) is 0 Å². The summed E-state index contributed by atoms with van der Waals surface area (Å²) in [5.74, 6) is 0. The largest absolute Gasteiger partial charge is 0.302 e. The number of nitrogens with zero attached hydrogens (tertiary/aromatic N) is 2. The Morgan fingerprint density at radius 1 is 1.37 bits per heavy atom. The van der Waals surface area contributed by atoms with Gasteiger partial charge in [-0.05, 0) is 33.0 Å². The van der Waals surface area contributed by atoms with Gasteiger partial charge in [0.2, 0.25) is 0 Å². The smallest absolute Gasteiger partial charge is 0.257 e. The summed E-state index contributed by atoms with van der Waals surface area (Å²) in [5, 5.41) is 6.30. The van der Waals surface area contributed by atoms with Gasteiger partial charge in [-0.1, -0.05) is 19.3 Å². The molecule has 1 aromatic heterocycles. The first-order valence-electron chi connectivity index (χ1n) is 6.63. The molecule has 0 unspecified atom stereocenters. The van der Waals surface area contributed by atoms with Crippen LogP contribution in [0, 0.1) is 0 Å². The fourth-order valence-electron chi connectivity index (χ4n) is 2.69. The molecule has 0 aliphatic heterocycles.